The maximum absolute atomic E-state index is 13.0. The number of amides is 1. The second kappa shape index (κ2) is 5.80. The minimum Gasteiger partial charge on any atom is -0.275 e. The Morgan fingerprint density at radius 3 is 2.76 bits per heavy atom. The van der Waals surface area contributed by atoms with Gasteiger partial charge < -0.3 is 0 Å². The van der Waals surface area contributed by atoms with Crippen molar-refractivity contribution in [3.8, 4) is 0 Å². The van der Waals surface area contributed by atoms with Crippen molar-refractivity contribution in [2.75, 3.05) is 5.43 Å². The summed E-state index contributed by atoms with van der Waals surface area (Å²) >= 11 is 1.61. The maximum atomic E-state index is 13.0. The number of thiophene rings is 1. The molecule has 1 amide bonds. The summed E-state index contributed by atoms with van der Waals surface area (Å²) in [5.74, 6) is 0.118. The molecule has 8 heteroatoms. The highest BCUT2D eigenvalue weighted by molar-refractivity contribution is 7.18. The molecule has 0 unspecified atom stereocenters. The predicted octanol–water partition coefficient (Wildman–Crippen LogP) is 2.07. The lowest BCUT2D eigenvalue weighted by molar-refractivity contribution is 0.101. The second-order valence-corrected chi connectivity index (χ2v) is 7.52. The van der Waals surface area contributed by atoms with Gasteiger partial charge in [-0.05, 0) is 45.1 Å². The normalized spacial score (nSPS) is 13.9. The van der Waals surface area contributed by atoms with Crippen molar-refractivity contribution in [1.29, 1.82) is 0 Å². The van der Waals surface area contributed by atoms with Crippen LogP contribution in [0.3, 0.4) is 0 Å². The number of carbonyl (C=O) groups is 1. The molecule has 4 rings (SSSR count). The van der Waals surface area contributed by atoms with Crippen LogP contribution in [-0.4, -0.2) is 25.3 Å². The van der Waals surface area contributed by atoms with Crippen LogP contribution in [0.25, 0.3) is 10.2 Å². The maximum Gasteiger partial charge on any atom is 0.281 e. The van der Waals surface area contributed by atoms with Crippen molar-refractivity contribution < 1.29 is 4.79 Å². The Balaban J connectivity index is 1.81. The Labute approximate surface area is 148 Å². The van der Waals surface area contributed by atoms with Crippen molar-refractivity contribution >= 4 is 27.5 Å². The van der Waals surface area contributed by atoms with Gasteiger partial charge in [-0.25, -0.2) is 9.66 Å². The number of hydrogen-bond donors (Lipinski definition) is 1. The van der Waals surface area contributed by atoms with E-state index < -0.39 is 0 Å². The van der Waals surface area contributed by atoms with E-state index in [9.17, 15) is 9.59 Å². The first kappa shape index (κ1) is 16.0. The largest absolute Gasteiger partial charge is 0.281 e. The fourth-order valence-electron chi connectivity index (χ4n) is 3.42. The first-order valence-corrected chi connectivity index (χ1v) is 9.13. The van der Waals surface area contributed by atoms with Crippen molar-refractivity contribution in [2.24, 2.45) is 7.05 Å². The number of aromatic nitrogens is 4. The van der Waals surface area contributed by atoms with Crippen LogP contribution in [0.2, 0.25) is 0 Å². The van der Waals surface area contributed by atoms with Crippen molar-refractivity contribution in [3.05, 3.63) is 44.1 Å². The summed E-state index contributed by atoms with van der Waals surface area (Å²) in [6.07, 6.45) is 5.81. The van der Waals surface area contributed by atoms with Crippen LogP contribution in [0.15, 0.2) is 11.0 Å². The summed E-state index contributed by atoms with van der Waals surface area (Å²) < 4.78 is 2.84. The molecule has 130 valence electrons. The minimum atomic E-state index is -0.360. The molecular weight excluding hydrogens is 338 g/mol. The smallest absolute Gasteiger partial charge is 0.275 e. The second-order valence-electron chi connectivity index (χ2n) is 6.43. The zero-order valence-corrected chi connectivity index (χ0v) is 15.2. The summed E-state index contributed by atoms with van der Waals surface area (Å²) in [4.78, 5) is 32.2. The SMILES string of the molecule is Cc1nn(C)cc1C(=O)Nn1c(C)nc2sc3c(c2c1=O)CCCC3. The van der Waals surface area contributed by atoms with E-state index in [4.69, 9.17) is 0 Å². The number of fused-ring (bicyclic) bond motifs is 3. The molecule has 0 saturated carbocycles. The third-order valence-electron chi connectivity index (χ3n) is 4.63. The zero-order chi connectivity index (χ0) is 17.7. The molecule has 0 fully saturated rings. The molecule has 0 saturated heterocycles. The Kier molecular flexibility index (Phi) is 3.72. The van der Waals surface area contributed by atoms with Gasteiger partial charge in [0.1, 0.15) is 10.7 Å². The van der Waals surface area contributed by atoms with E-state index in [-0.39, 0.29) is 11.5 Å². The van der Waals surface area contributed by atoms with Crippen LogP contribution in [-0.2, 0) is 19.9 Å². The van der Waals surface area contributed by atoms with Crippen molar-refractivity contribution in [1.82, 2.24) is 19.4 Å². The van der Waals surface area contributed by atoms with Crippen LogP contribution >= 0.6 is 11.3 Å². The molecular formula is C17H19N5O2S. The van der Waals surface area contributed by atoms with Crippen LogP contribution in [0, 0.1) is 13.8 Å². The highest BCUT2D eigenvalue weighted by Gasteiger charge is 2.22. The van der Waals surface area contributed by atoms with Crippen LogP contribution in [0.4, 0.5) is 0 Å². The van der Waals surface area contributed by atoms with Gasteiger partial charge in [0.25, 0.3) is 11.5 Å². The summed E-state index contributed by atoms with van der Waals surface area (Å²) in [6.45, 7) is 3.50. The number of rotatable bonds is 2. The summed E-state index contributed by atoms with van der Waals surface area (Å²) in [7, 11) is 1.76. The Bertz CT molecular complexity index is 1060. The average molecular weight is 357 g/mol. The van der Waals surface area contributed by atoms with E-state index in [1.165, 1.54) is 9.55 Å². The van der Waals surface area contributed by atoms with Crippen LogP contribution in [0.5, 0.6) is 0 Å². The molecule has 1 aliphatic rings. The zero-order valence-electron chi connectivity index (χ0n) is 14.4. The number of nitrogens with one attached hydrogen (secondary N) is 1. The average Bonchev–Trinajstić information content (AvgIpc) is 3.10. The lowest BCUT2D eigenvalue weighted by atomic mass is 9.97. The molecule has 0 radical (unpaired) electrons. The third kappa shape index (κ3) is 2.57. The fourth-order valence-corrected chi connectivity index (χ4v) is 4.72. The molecule has 0 atom stereocenters. The predicted molar refractivity (Wildman–Crippen MR) is 96.9 cm³/mol. The topological polar surface area (TPSA) is 81.8 Å². The van der Waals surface area contributed by atoms with E-state index in [1.807, 2.05) is 0 Å². The highest BCUT2D eigenvalue weighted by Crippen LogP contribution is 2.33. The summed E-state index contributed by atoms with van der Waals surface area (Å²) in [5, 5.41) is 4.83. The number of carbonyl (C=O) groups excluding carboxylic acids is 1. The van der Waals surface area contributed by atoms with Crippen molar-refractivity contribution in [2.45, 2.75) is 39.5 Å². The van der Waals surface area contributed by atoms with Crippen LogP contribution in [0.1, 0.15) is 45.2 Å². The lowest BCUT2D eigenvalue weighted by Gasteiger charge is -2.12. The summed E-state index contributed by atoms with van der Waals surface area (Å²) in [6, 6.07) is 0. The quantitative estimate of drug-likeness (QED) is 0.761. The fraction of sp³-hybridized carbons (Fsp3) is 0.412. The molecule has 1 aliphatic carbocycles. The van der Waals surface area contributed by atoms with E-state index in [2.05, 4.69) is 15.5 Å². The third-order valence-corrected chi connectivity index (χ3v) is 5.81. The van der Waals surface area contributed by atoms with Gasteiger partial charge in [0.2, 0.25) is 0 Å². The standard InChI is InChI=1S/C17H19N5O2S/c1-9-12(8-21(3)19-9)15(23)20-22-10(2)18-16-14(17(22)24)11-6-4-5-7-13(11)25-16/h8H,4-7H2,1-3H3,(H,20,23). The highest BCUT2D eigenvalue weighted by atomic mass is 32.1. The van der Waals surface area contributed by atoms with E-state index >= 15 is 0 Å². The van der Waals surface area contributed by atoms with Gasteiger partial charge in [-0.3, -0.25) is 19.7 Å². The molecule has 0 bridgehead atoms. The molecule has 0 aliphatic heterocycles. The van der Waals surface area contributed by atoms with Gasteiger partial charge in [-0.15, -0.1) is 11.3 Å². The van der Waals surface area contributed by atoms with Gasteiger partial charge in [0.15, 0.2) is 0 Å². The Morgan fingerprint density at radius 2 is 2.04 bits per heavy atom. The molecule has 3 aromatic heterocycles. The first-order chi connectivity index (χ1) is 12.0. The lowest BCUT2D eigenvalue weighted by Crippen LogP contribution is -2.35. The van der Waals surface area contributed by atoms with E-state index in [0.717, 1.165) is 36.1 Å². The molecule has 3 heterocycles. The first-order valence-electron chi connectivity index (χ1n) is 8.31. The number of nitrogens with zero attached hydrogens (tertiary/aromatic N) is 4. The van der Waals surface area contributed by atoms with Gasteiger partial charge >= 0.3 is 0 Å². The molecule has 1 N–H and O–H groups in total. The van der Waals surface area contributed by atoms with Crippen molar-refractivity contribution in [3.63, 3.8) is 0 Å². The minimum absolute atomic E-state index is 0.197. The van der Waals surface area contributed by atoms with Gasteiger partial charge in [-0.2, -0.15) is 5.10 Å². The number of hydrogen-bond acceptors (Lipinski definition) is 5. The molecule has 25 heavy (non-hydrogen) atoms. The molecule has 3 aromatic rings. The molecule has 0 spiro atoms. The number of aryl methyl sites for hydroxylation is 5. The Morgan fingerprint density at radius 1 is 1.28 bits per heavy atom. The monoisotopic (exact) mass is 357 g/mol. The van der Waals surface area contributed by atoms with E-state index in [0.29, 0.717) is 22.5 Å². The molecule has 0 aromatic carbocycles. The molecule has 7 nitrogen and oxygen atoms in total. The summed E-state index contributed by atoms with van der Waals surface area (Å²) in [5.41, 5.74) is 4.67. The van der Waals surface area contributed by atoms with E-state index in [1.54, 1.807) is 43.1 Å². The Hall–Kier alpha value is -2.48. The van der Waals surface area contributed by atoms with Gasteiger partial charge in [0, 0.05) is 18.1 Å². The van der Waals surface area contributed by atoms with Gasteiger partial charge in [0.05, 0.1) is 16.6 Å². The van der Waals surface area contributed by atoms with Gasteiger partial charge in [-0.1, -0.05) is 0 Å². The van der Waals surface area contributed by atoms with Crippen LogP contribution < -0.4 is 11.0 Å².